The first-order chi connectivity index (χ1) is 14.7. The molecule has 2 unspecified atom stereocenters. The molecule has 0 bridgehead atoms. The lowest BCUT2D eigenvalue weighted by molar-refractivity contribution is -0.136. The van der Waals surface area contributed by atoms with E-state index in [1.807, 2.05) is 40.1 Å². The molecule has 0 radical (unpaired) electrons. The predicted octanol–water partition coefficient (Wildman–Crippen LogP) is 3.41. The first-order valence-electron chi connectivity index (χ1n) is 10.7. The molecule has 160 valence electrons. The number of thiophene rings is 1. The molecule has 0 spiro atoms. The molecule has 1 N–H and O–H groups in total. The summed E-state index contributed by atoms with van der Waals surface area (Å²) in [5.74, 6) is -0.342. The molecule has 1 saturated heterocycles. The van der Waals surface area contributed by atoms with Crippen LogP contribution < -0.4 is 5.32 Å². The third-order valence-corrected chi connectivity index (χ3v) is 7.02. The van der Waals surface area contributed by atoms with E-state index in [1.54, 1.807) is 11.3 Å². The number of hydrogen-bond acceptors (Lipinski definition) is 4. The number of carbonyl (C=O) groups excluding carboxylic acids is 2. The second-order valence-electron chi connectivity index (χ2n) is 7.75. The summed E-state index contributed by atoms with van der Waals surface area (Å²) in [6.07, 6.45) is 1.78. The fraction of sp³-hybridized carbons (Fsp3) is 0.478. The van der Waals surface area contributed by atoms with Crippen molar-refractivity contribution in [1.29, 1.82) is 0 Å². The van der Waals surface area contributed by atoms with Crippen molar-refractivity contribution < 1.29 is 14.3 Å². The molecule has 6 nitrogen and oxygen atoms in total. The standard InChI is InChI=1S/C23H29N3O3S/c1-2-20-18-9-15-30-21(18)8-10-26(20)23(28)24-16-19(17-6-4-3-5-7-17)22(27)25-11-13-29-14-12-25/h3-7,9,15,19-20H,2,8,10-14,16H2,1H3,(H,24,28). The number of carbonyl (C=O) groups is 2. The minimum Gasteiger partial charge on any atom is -0.378 e. The summed E-state index contributed by atoms with van der Waals surface area (Å²) in [5, 5.41) is 5.18. The van der Waals surface area contributed by atoms with E-state index in [2.05, 4.69) is 23.7 Å². The van der Waals surface area contributed by atoms with Gasteiger partial charge >= 0.3 is 6.03 Å². The van der Waals surface area contributed by atoms with Crippen LogP contribution in [0, 0.1) is 0 Å². The quantitative estimate of drug-likeness (QED) is 0.796. The Labute approximate surface area is 181 Å². The lowest BCUT2D eigenvalue weighted by Gasteiger charge is -2.36. The Hall–Kier alpha value is -2.38. The van der Waals surface area contributed by atoms with Crippen molar-refractivity contribution in [2.75, 3.05) is 39.4 Å². The fourth-order valence-electron chi connectivity index (χ4n) is 4.41. The van der Waals surface area contributed by atoms with Gasteiger partial charge in [0.05, 0.1) is 25.2 Å². The lowest BCUT2D eigenvalue weighted by atomic mass is 9.96. The van der Waals surface area contributed by atoms with Crippen molar-refractivity contribution in [1.82, 2.24) is 15.1 Å². The predicted molar refractivity (Wildman–Crippen MR) is 118 cm³/mol. The summed E-state index contributed by atoms with van der Waals surface area (Å²) < 4.78 is 5.39. The molecule has 4 rings (SSSR count). The summed E-state index contributed by atoms with van der Waals surface area (Å²) >= 11 is 1.77. The monoisotopic (exact) mass is 427 g/mol. The van der Waals surface area contributed by atoms with E-state index in [4.69, 9.17) is 4.74 Å². The number of hydrogen-bond donors (Lipinski definition) is 1. The molecule has 30 heavy (non-hydrogen) atoms. The summed E-state index contributed by atoms with van der Waals surface area (Å²) in [4.78, 5) is 31.5. The highest BCUT2D eigenvalue weighted by molar-refractivity contribution is 7.10. The fourth-order valence-corrected chi connectivity index (χ4v) is 5.34. The average Bonchev–Trinajstić information content (AvgIpc) is 3.28. The van der Waals surface area contributed by atoms with Gasteiger partial charge < -0.3 is 19.9 Å². The Morgan fingerprint density at radius 1 is 1.17 bits per heavy atom. The van der Waals surface area contributed by atoms with E-state index < -0.39 is 5.92 Å². The summed E-state index contributed by atoms with van der Waals surface area (Å²) in [6, 6.07) is 11.9. The minimum atomic E-state index is -0.394. The topological polar surface area (TPSA) is 61.9 Å². The smallest absolute Gasteiger partial charge is 0.317 e. The first kappa shape index (κ1) is 20.9. The molecule has 0 aliphatic carbocycles. The third-order valence-electron chi connectivity index (χ3n) is 6.02. The van der Waals surface area contributed by atoms with Crippen LogP contribution in [0.15, 0.2) is 41.8 Å². The zero-order valence-corrected chi connectivity index (χ0v) is 18.2. The van der Waals surface area contributed by atoms with Gasteiger partial charge in [0.25, 0.3) is 0 Å². The summed E-state index contributed by atoms with van der Waals surface area (Å²) in [6.45, 7) is 5.45. The van der Waals surface area contributed by atoms with Crippen LogP contribution in [-0.2, 0) is 16.0 Å². The summed E-state index contributed by atoms with van der Waals surface area (Å²) in [7, 11) is 0. The van der Waals surface area contributed by atoms with E-state index in [-0.39, 0.29) is 18.0 Å². The van der Waals surface area contributed by atoms with E-state index in [1.165, 1.54) is 10.4 Å². The maximum atomic E-state index is 13.2. The van der Waals surface area contributed by atoms with Crippen molar-refractivity contribution >= 4 is 23.3 Å². The Balaban J connectivity index is 1.47. The van der Waals surface area contributed by atoms with Crippen molar-refractivity contribution in [3.8, 4) is 0 Å². The number of urea groups is 1. The summed E-state index contributed by atoms with van der Waals surface area (Å²) in [5.41, 5.74) is 2.20. The highest BCUT2D eigenvalue weighted by Gasteiger charge is 2.32. The average molecular weight is 428 g/mol. The van der Waals surface area contributed by atoms with Gasteiger partial charge in [-0.2, -0.15) is 0 Å². The van der Waals surface area contributed by atoms with Gasteiger partial charge in [0, 0.05) is 31.1 Å². The Bertz CT molecular complexity index is 864. The molecule has 0 saturated carbocycles. The number of fused-ring (bicyclic) bond motifs is 1. The molecule has 2 aromatic rings. The van der Waals surface area contributed by atoms with Gasteiger partial charge in [-0.15, -0.1) is 11.3 Å². The van der Waals surface area contributed by atoms with E-state index in [0.717, 1.165) is 18.4 Å². The normalized spacial score (nSPS) is 19.8. The number of ether oxygens (including phenoxy) is 1. The Kier molecular flexibility index (Phi) is 6.69. The van der Waals surface area contributed by atoms with Gasteiger partial charge in [0.15, 0.2) is 0 Å². The minimum absolute atomic E-state index is 0.0515. The van der Waals surface area contributed by atoms with Crippen LogP contribution in [0.25, 0.3) is 0 Å². The van der Waals surface area contributed by atoms with Crippen LogP contribution in [-0.4, -0.2) is 61.1 Å². The number of nitrogens with one attached hydrogen (secondary N) is 1. The molecule has 7 heteroatoms. The molecule has 2 aliphatic heterocycles. The Morgan fingerprint density at radius 2 is 1.93 bits per heavy atom. The molecule has 2 aliphatic rings. The Morgan fingerprint density at radius 3 is 2.67 bits per heavy atom. The van der Waals surface area contributed by atoms with Crippen molar-refractivity contribution in [2.45, 2.75) is 31.7 Å². The van der Waals surface area contributed by atoms with Gasteiger partial charge in [-0.25, -0.2) is 4.79 Å². The van der Waals surface area contributed by atoms with Crippen molar-refractivity contribution in [3.05, 3.63) is 57.8 Å². The van der Waals surface area contributed by atoms with Crippen LogP contribution in [0.3, 0.4) is 0 Å². The molecule has 1 aromatic carbocycles. The van der Waals surface area contributed by atoms with Crippen LogP contribution in [0.4, 0.5) is 4.79 Å². The highest BCUT2D eigenvalue weighted by Crippen LogP contribution is 2.35. The van der Waals surface area contributed by atoms with Gasteiger partial charge in [-0.05, 0) is 35.4 Å². The van der Waals surface area contributed by atoms with E-state index in [0.29, 0.717) is 39.4 Å². The second kappa shape index (κ2) is 9.62. The van der Waals surface area contributed by atoms with Crippen LogP contribution >= 0.6 is 11.3 Å². The zero-order valence-electron chi connectivity index (χ0n) is 17.4. The number of amides is 3. The highest BCUT2D eigenvalue weighted by atomic mass is 32.1. The molecule has 3 amide bonds. The molecule has 1 fully saturated rings. The maximum absolute atomic E-state index is 13.2. The largest absolute Gasteiger partial charge is 0.378 e. The molecule has 3 heterocycles. The van der Waals surface area contributed by atoms with E-state index in [9.17, 15) is 9.59 Å². The second-order valence-corrected chi connectivity index (χ2v) is 8.75. The maximum Gasteiger partial charge on any atom is 0.317 e. The van der Waals surface area contributed by atoms with Crippen LogP contribution in [0.2, 0.25) is 0 Å². The lowest BCUT2D eigenvalue weighted by Crippen LogP contribution is -2.49. The van der Waals surface area contributed by atoms with Gasteiger partial charge in [-0.1, -0.05) is 37.3 Å². The SMILES string of the molecule is CCC1c2ccsc2CCN1C(=O)NCC(C(=O)N1CCOCC1)c1ccccc1. The van der Waals surface area contributed by atoms with Crippen molar-refractivity contribution in [3.63, 3.8) is 0 Å². The third kappa shape index (κ3) is 4.37. The molecule has 2 atom stereocenters. The molecular formula is C23H29N3O3S. The zero-order chi connectivity index (χ0) is 20.9. The van der Waals surface area contributed by atoms with Crippen LogP contribution in [0.5, 0.6) is 0 Å². The molecule has 1 aromatic heterocycles. The van der Waals surface area contributed by atoms with Gasteiger partial charge in [0.2, 0.25) is 5.91 Å². The number of nitrogens with zero attached hydrogens (tertiary/aromatic N) is 2. The van der Waals surface area contributed by atoms with Crippen molar-refractivity contribution in [2.24, 2.45) is 0 Å². The first-order valence-corrected chi connectivity index (χ1v) is 11.6. The molecular weight excluding hydrogens is 398 g/mol. The number of morpholine rings is 1. The number of benzene rings is 1. The van der Waals surface area contributed by atoms with Gasteiger partial charge in [-0.3, -0.25) is 4.79 Å². The van der Waals surface area contributed by atoms with E-state index >= 15 is 0 Å². The van der Waals surface area contributed by atoms with Gasteiger partial charge in [0.1, 0.15) is 0 Å². The van der Waals surface area contributed by atoms with Crippen LogP contribution in [0.1, 0.15) is 41.3 Å². The number of rotatable bonds is 5.